The van der Waals surface area contributed by atoms with E-state index in [9.17, 15) is 26.4 Å². The van der Waals surface area contributed by atoms with Gasteiger partial charge in [0.2, 0.25) is 10.0 Å². The van der Waals surface area contributed by atoms with Crippen molar-refractivity contribution in [3.05, 3.63) is 45.9 Å². The molecule has 1 aromatic carbocycles. The van der Waals surface area contributed by atoms with Gasteiger partial charge in [0.05, 0.1) is 17.0 Å². The molecule has 33 heavy (non-hydrogen) atoms. The van der Waals surface area contributed by atoms with Crippen molar-refractivity contribution in [2.24, 2.45) is 0 Å². The highest BCUT2D eigenvalue weighted by Gasteiger charge is 2.33. The second kappa shape index (κ2) is 12.4. The number of aromatic nitrogens is 1. The van der Waals surface area contributed by atoms with Crippen LogP contribution in [-0.4, -0.2) is 64.1 Å². The molecule has 0 radical (unpaired) electrons. The zero-order valence-corrected chi connectivity index (χ0v) is 19.9. The average molecular weight is 510 g/mol. The first-order chi connectivity index (χ1) is 15.6. The predicted molar refractivity (Wildman–Crippen MR) is 116 cm³/mol. The quantitative estimate of drug-likeness (QED) is 0.417. The molecule has 184 valence electrons. The van der Waals surface area contributed by atoms with Gasteiger partial charge >= 0.3 is 6.18 Å². The molecule has 0 aliphatic carbocycles. The molecule has 0 unspecified atom stereocenters. The van der Waals surface area contributed by atoms with Crippen LogP contribution in [0.5, 0.6) is 0 Å². The number of rotatable bonds is 13. The van der Waals surface area contributed by atoms with Gasteiger partial charge in [-0.3, -0.25) is 4.79 Å². The number of halogens is 3. The number of carbonyl (C=O) groups excluding carboxylic acids is 1. The summed E-state index contributed by atoms with van der Waals surface area (Å²) in [6, 6.07) is 3.60. The van der Waals surface area contributed by atoms with Crippen molar-refractivity contribution in [2.45, 2.75) is 30.5 Å². The van der Waals surface area contributed by atoms with Gasteiger partial charge in [0.1, 0.15) is 10.7 Å². The van der Waals surface area contributed by atoms with E-state index in [2.05, 4.69) is 10.3 Å². The molecule has 1 aromatic heterocycles. The number of benzene rings is 1. The molecule has 13 heteroatoms. The van der Waals surface area contributed by atoms with E-state index in [1.165, 1.54) is 12.5 Å². The molecule has 0 spiro atoms. The predicted octanol–water partition coefficient (Wildman–Crippen LogP) is 3.16. The van der Waals surface area contributed by atoms with Crippen LogP contribution in [0.15, 0.2) is 34.5 Å². The van der Waals surface area contributed by atoms with Crippen molar-refractivity contribution < 1.29 is 35.9 Å². The van der Waals surface area contributed by atoms with E-state index in [0.717, 1.165) is 33.8 Å². The summed E-state index contributed by atoms with van der Waals surface area (Å²) in [6.07, 6.45) is -3.72. The van der Waals surface area contributed by atoms with Crippen molar-refractivity contribution >= 4 is 27.3 Å². The Kier molecular flexibility index (Phi) is 10.2. The van der Waals surface area contributed by atoms with Crippen LogP contribution < -0.4 is 5.32 Å². The lowest BCUT2D eigenvalue weighted by molar-refractivity contribution is -0.137. The number of methoxy groups -OCH3 is 2. The third kappa shape index (κ3) is 8.03. The van der Waals surface area contributed by atoms with Crippen molar-refractivity contribution in [2.75, 3.05) is 40.5 Å². The first-order valence-electron chi connectivity index (χ1n) is 9.97. The lowest BCUT2D eigenvalue weighted by Crippen LogP contribution is -2.32. The fourth-order valence-electron chi connectivity index (χ4n) is 2.80. The number of amides is 1. The summed E-state index contributed by atoms with van der Waals surface area (Å²) < 4.78 is 76.5. The molecule has 0 aliphatic rings. The number of sulfonamides is 1. The van der Waals surface area contributed by atoms with Gasteiger partial charge < -0.3 is 14.8 Å². The van der Waals surface area contributed by atoms with E-state index in [1.54, 1.807) is 7.11 Å². The van der Waals surface area contributed by atoms with Crippen LogP contribution in [0.4, 0.5) is 13.2 Å². The maximum Gasteiger partial charge on any atom is 0.416 e. The Bertz CT molecular complexity index is 1010. The second-order valence-corrected chi connectivity index (χ2v) is 9.82. The highest BCUT2D eigenvalue weighted by Crippen LogP contribution is 2.31. The number of nitrogens with one attached hydrogen (secondary N) is 1. The molecule has 0 saturated carbocycles. The Hall–Kier alpha value is -2.06. The normalized spacial score (nSPS) is 12.3. The largest absolute Gasteiger partial charge is 0.416 e. The molecule has 0 bridgehead atoms. The van der Waals surface area contributed by atoms with Crippen molar-refractivity contribution in [1.82, 2.24) is 14.6 Å². The summed E-state index contributed by atoms with van der Waals surface area (Å²) in [5.41, 5.74) is -0.914. The maximum absolute atomic E-state index is 13.2. The zero-order valence-electron chi connectivity index (χ0n) is 18.2. The van der Waals surface area contributed by atoms with Crippen LogP contribution >= 0.6 is 11.3 Å². The first kappa shape index (κ1) is 27.2. The summed E-state index contributed by atoms with van der Waals surface area (Å²) in [6.45, 7) is 0.967. The summed E-state index contributed by atoms with van der Waals surface area (Å²) >= 11 is 1.09. The Labute approximate surface area is 194 Å². The monoisotopic (exact) mass is 509 g/mol. The van der Waals surface area contributed by atoms with E-state index < -0.39 is 32.6 Å². The summed E-state index contributed by atoms with van der Waals surface area (Å²) in [5, 5.41) is 4.53. The molecule has 1 amide bonds. The average Bonchev–Trinajstić information content (AvgIpc) is 3.24. The van der Waals surface area contributed by atoms with Gasteiger partial charge in [0.15, 0.2) is 0 Å². The summed E-state index contributed by atoms with van der Waals surface area (Å²) in [7, 11) is -1.25. The van der Waals surface area contributed by atoms with E-state index >= 15 is 0 Å². The van der Waals surface area contributed by atoms with Crippen LogP contribution in [0.3, 0.4) is 0 Å². The second-order valence-electron chi connectivity index (χ2n) is 6.94. The molecule has 1 N–H and O–H groups in total. The van der Waals surface area contributed by atoms with Gasteiger partial charge in [-0.15, -0.1) is 11.3 Å². The summed E-state index contributed by atoms with van der Waals surface area (Å²) in [5.74, 6) is -0.403. The molecule has 2 rings (SSSR count). The topological polar surface area (TPSA) is 97.8 Å². The number of hydrogen-bond acceptors (Lipinski definition) is 7. The fourth-order valence-corrected chi connectivity index (χ4v) is 5.16. The molecule has 0 saturated heterocycles. The molecule has 0 aliphatic heterocycles. The van der Waals surface area contributed by atoms with Gasteiger partial charge in [-0.1, -0.05) is 6.07 Å². The number of ether oxygens (including phenoxy) is 2. The lowest BCUT2D eigenvalue weighted by Gasteiger charge is -2.21. The highest BCUT2D eigenvalue weighted by atomic mass is 32.2. The standard InChI is InChI=1S/C20H26F3N3O5S2/c1-30-10-4-8-24-19(27)17-14-32-18(25-17)13-26(9-5-11-31-2)33(28,29)16-7-3-6-15(12-16)20(21,22)23/h3,6-7,12,14H,4-5,8-11,13H2,1-2H3,(H,24,27). The minimum absolute atomic E-state index is 0.00451. The lowest BCUT2D eigenvalue weighted by atomic mass is 10.2. The molecule has 1 heterocycles. The summed E-state index contributed by atoms with van der Waals surface area (Å²) in [4.78, 5) is 15.9. The van der Waals surface area contributed by atoms with Crippen LogP contribution in [0.1, 0.15) is 33.9 Å². The third-order valence-corrected chi connectivity index (χ3v) is 7.14. The Balaban J connectivity index is 2.21. The van der Waals surface area contributed by atoms with Crippen LogP contribution in [0, 0.1) is 0 Å². The first-order valence-corrected chi connectivity index (χ1v) is 12.3. The number of nitrogens with zero attached hydrogens (tertiary/aromatic N) is 2. The Morgan fingerprint density at radius 3 is 2.55 bits per heavy atom. The van der Waals surface area contributed by atoms with Crippen molar-refractivity contribution in [3.63, 3.8) is 0 Å². The molecule has 8 nitrogen and oxygen atoms in total. The molecule has 2 aromatic rings. The van der Waals surface area contributed by atoms with E-state index in [-0.39, 0.29) is 25.4 Å². The van der Waals surface area contributed by atoms with E-state index in [0.29, 0.717) is 37.1 Å². The SMILES string of the molecule is COCCCNC(=O)c1csc(CN(CCCOC)S(=O)(=O)c2cccc(C(F)(F)F)c2)n1. The molecular weight excluding hydrogens is 483 g/mol. The smallest absolute Gasteiger partial charge is 0.385 e. The fraction of sp³-hybridized carbons (Fsp3) is 0.500. The number of hydrogen-bond donors (Lipinski definition) is 1. The van der Waals surface area contributed by atoms with Crippen LogP contribution in [0.25, 0.3) is 0 Å². The van der Waals surface area contributed by atoms with Crippen LogP contribution in [-0.2, 0) is 32.2 Å². The van der Waals surface area contributed by atoms with Gasteiger partial charge in [0, 0.05) is 45.9 Å². The van der Waals surface area contributed by atoms with Gasteiger partial charge in [-0.25, -0.2) is 13.4 Å². The third-order valence-electron chi connectivity index (χ3n) is 4.46. The van der Waals surface area contributed by atoms with Crippen molar-refractivity contribution in [3.8, 4) is 0 Å². The number of thiazole rings is 1. The van der Waals surface area contributed by atoms with Crippen LogP contribution in [0.2, 0.25) is 0 Å². The highest BCUT2D eigenvalue weighted by molar-refractivity contribution is 7.89. The number of carbonyl (C=O) groups is 1. The van der Waals surface area contributed by atoms with E-state index in [4.69, 9.17) is 9.47 Å². The van der Waals surface area contributed by atoms with Gasteiger partial charge in [-0.05, 0) is 31.0 Å². The van der Waals surface area contributed by atoms with Gasteiger partial charge in [0.25, 0.3) is 5.91 Å². The Morgan fingerprint density at radius 2 is 1.88 bits per heavy atom. The minimum atomic E-state index is -4.67. The Morgan fingerprint density at radius 1 is 1.18 bits per heavy atom. The van der Waals surface area contributed by atoms with E-state index in [1.807, 2.05) is 0 Å². The minimum Gasteiger partial charge on any atom is -0.385 e. The number of alkyl halides is 3. The molecule has 0 fully saturated rings. The van der Waals surface area contributed by atoms with Gasteiger partial charge in [-0.2, -0.15) is 17.5 Å². The zero-order chi connectivity index (χ0) is 24.5. The van der Waals surface area contributed by atoms with Crippen molar-refractivity contribution in [1.29, 1.82) is 0 Å². The molecular formula is C20H26F3N3O5S2. The molecule has 0 atom stereocenters. The maximum atomic E-state index is 13.2.